The molecule has 2 aromatic rings. The van der Waals surface area contributed by atoms with Crippen LogP contribution in [0.25, 0.3) is 0 Å². The second-order valence-corrected chi connectivity index (χ2v) is 5.17. The van der Waals surface area contributed by atoms with Crippen molar-refractivity contribution in [3.63, 3.8) is 0 Å². The first-order valence-electron chi connectivity index (χ1n) is 5.59. The van der Waals surface area contributed by atoms with Gasteiger partial charge in [-0.05, 0) is 40.2 Å². The fourth-order valence-electron chi connectivity index (χ4n) is 1.62. The minimum Gasteiger partial charge on any atom is -0.321 e. The third-order valence-corrected chi connectivity index (χ3v) is 3.76. The molecule has 2 aromatic carbocycles. The number of halogens is 3. The first-order chi connectivity index (χ1) is 9.90. The van der Waals surface area contributed by atoms with E-state index >= 15 is 0 Å². The highest BCUT2D eigenvalue weighted by molar-refractivity contribution is 9.10. The van der Waals surface area contributed by atoms with E-state index in [2.05, 4.69) is 21.2 Å². The number of anilines is 1. The van der Waals surface area contributed by atoms with Crippen LogP contribution in [0.1, 0.15) is 10.4 Å². The fraction of sp³-hybridized carbons (Fsp3) is 0. The van der Waals surface area contributed by atoms with Crippen molar-refractivity contribution in [3.05, 3.63) is 67.4 Å². The molecular weight excluding hydrogens is 367 g/mol. The molecule has 0 fully saturated rings. The van der Waals surface area contributed by atoms with Crippen LogP contribution in [0.4, 0.5) is 15.8 Å². The molecule has 0 aliphatic carbocycles. The molecule has 1 amide bonds. The Hall–Kier alpha value is -1.99. The Bertz CT molecular complexity index is 739. The number of rotatable bonds is 3. The molecule has 0 saturated carbocycles. The van der Waals surface area contributed by atoms with E-state index < -0.39 is 16.6 Å². The van der Waals surface area contributed by atoms with Gasteiger partial charge in [0.15, 0.2) is 0 Å². The van der Waals surface area contributed by atoms with Gasteiger partial charge in [-0.3, -0.25) is 14.9 Å². The van der Waals surface area contributed by atoms with Crippen LogP contribution >= 0.6 is 27.5 Å². The number of carbonyl (C=O) groups is 1. The van der Waals surface area contributed by atoms with Gasteiger partial charge < -0.3 is 5.32 Å². The lowest BCUT2D eigenvalue weighted by molar-refractivity contribution is -0.385. The van der Waals surface area contributed by atoms with Crippen LogP contribution in [0.2, 0.25) is 5.02 Å². The Kier molecular flexibility index (Phi) is 4.54. The quantitative estimate of drug-likeness (QED) is 0.640. The maximum Gasteiger partial charge on any atom is 0.284 e. The molecule has 0 aliphatic heterocycles. The van der Waals surface area contributed by atoms with Crippen LogP contribution in [0.15, 0.2) is 40.9 Å². The Balaban J connectivity index is 2.35. The van der Waals surface area contributed by atoms with E-state index in [9.17, 15) is 19.3 Å². The smallest absolute Gasteiger partial charge is 0.284 e. The highest BCUT2D eigenvalue weighted by Crippen LogP contribution is 2.30. The number of nitrogens with one attached hydrogen (secondary N) is 1. The van der Waals surface area contributed by atoms with Crippen LogP contribution in [0.3, 0.4) is 0 Å². The number of nitro benzene ring substituents is 1. The Labute approximate surface area is 132 Å². The molecule has 5 nitrogen and oxygen atoms in total. The van der Waals surface area contributed by atoms with Crippen molar-refractivity contribution in [2.24, 2.45) is 0 Å². The highest BCUT2D eigenvalue weighted by Gasteiger charge is 2.20. The van der Waals surface area contributed by atoms with Crippen molar-refractivity contribution in [2.45, 2.75) is 0 Å². The number of amides is 1. The van der Waals surface area contributed by atoms with Gasteiger partial charge in [0.05, 0.1) is 21.2 Å². The lowest BCUT2D eigenvalue weighted by atomic mass is 10.2. The van der Waals surface area contributed by atoms with Crippen LogP contribution in [0, 0.1) is 15.9 Å². The van der Waals surface area contributed by atoms with E-state index in [-0.39, 0.29) is 26.4 Å². The maximum atomic E-state index is 13.1. The average Bonchev–Trinajstić information content (AvgIpc) is 2.42. The number of nitro groups is 1. The van der Waals surface area contributed by atoms with Crippen molar-refractivity contribution >= 4 is 44.8 Å². The second kappa shape index (κ2) is 6.19. The molecule has 0 atom stereocenters. The van der Waals surface area contributed by atoms with E-state index in [1.807, 2.05) is 0 Å². The summed E-state index contributed by atoms with van der Waals surface area (Å²) in [6.07, 6.45) is 0. The van der Waals surface area contributed by atoms with Crippen LogP contribution in [-0.4, -0.2) is 10.8 Å². The molecule has 21 heavy (non-hydrogen) atoms. The summed E-state index contributed by atoms with van der Waals surface area (Å²) in [4.78, 5) is 22.3. The molecular formula is C13H7BrClFN2O3. The van der Waals surface area contributed by atoms with Gasteiger partial charge in [-0.1, -0.05) is 17.7 Å². The van der Waals surface area contributed by atoms with Gasteiger partial charge in [-0.2, -0.15) is 0 Å². The molecule has 0 aliphatic rings. The van der Waals surface area contributed by atoms with Crippen molar-refractivity contribution in [3.8, 4) is 0 Å². The molecule has 2 rings (SSSR count). The standard InChI is InChI=1S/C13H7BrClFN2O3/c14-12-8(2-1-3-11(12)18(20)21)13(19)17-10-6-7(16)4-5-9(10)15/h1-6H,(H,17,19). The summed E-state index contributed by atoms with van der Waals surface area (Å²) in [5, 5.41) is 13.4. The summed E-state index contributed by atoms with van der Waals surface area (Å²) in [5.41, 5.74) is -0.113. The third-order valence-electron chi connectivity index (χ3n) is 2.60. The largest absolute Gasteiger partial charge is 0.321 e. The average molecular weight is 374 g/mol. The van der Waals surface area contributed by atoms with Gasteiger partial charge in [0.1, 0.15) is 10.3 Å². The van der Waals surface area contributed by atoms with Gasteiger partial charge in [0, 0.05) is 6.07 Å². The summed E-state index contributed by atoms with van der Waals surface area (Å²) in [6, 6.07) is 7.56. The number of carbonyl (C=O) groups excluding carboxylic acids is 1. The Morgan fingerprint density at radius 1 is 1.33 bits per heavy atom. The normalized spacial score (nSPS) is 10.2. The third kappa shape index (κ3) is 3.37. The van der Waals surface area contributed by atoms with Crippen LogP contribution in [0.5, 0.6) is 0 Å². The molecule has 0 heterocycles. The molecule has 0 bridgehead atoms. The number of hydrogen-bond acceptors (Lipinski definition) is 3. The summed E-state index contributed by atoms with van der Waals surface area (Å²) < 4.78 is 13.2. The SMILES string of the molecule is O=C(Nc1cc(F)ccc1Cl)c1cccc([N+](=O)[O-])c1Br. The van der Waals surface area contributed by atoms with Crippen molar-refractivity contribution < 1.29 is 14.1 Å². The molecule has 108 valence electrons. The molecule has 0 radical (unpaired) electrons. The molecule has 1 N–H and O–H groups in total. The van der Waals surface area contributed by atoms with Crippen LogP contribution < -0.4 is 5.32 Å². The van der Waals surface area contributed by atoms with E-state index in [1.165, 1.54) is 24.3 Å². The van der Waals surface area contributed by atoms with Gasteiger partial charge >= 0.3 is 0 Å². The fourth-order valence-corrected chi connectivity index (χ4v) is 2.37. The first-order valence-corrected chi connectivity index (χ1v) is 6.76. The van der Waals surface area contributed by atoms with Crippen molar-refractivity contribution in [1.82, 2.24) is 0 Å². The number of benzene rings is 2. The Morgan fingerprint density at radius 2 is 2.05 bits per heavy atom. The molecule has 8 heteroatoms. The number of hydrogen-bond donors (Lipinski definition) is 1. The molecule has 0 spiro atoms. The maximum absolute atomic E-state index is 13.1. The minimum atomic E-state index is -0.641. The van der Waals surface area contributed by atoms with E-state index in [0.29, 0.717) is 0 Å². The van der Waals surface area contributed by atoms with Gasteiger partial charge in [0.25, 0.3) is 11.6 Å². The molecule has 0 aromatic heterocycles. The van der Waals surface area contributed by atoms with E-state index in [0.717, 1.165) is 12.1 Å². The van der Waals surface area contributed by atoms with Gasteiger partial charge in [-0.15, -0.1) is 0 Å². The Morgan fingerprint density at radius 3 is 2.71 bits per heavy atom. The van der Waals surface area contributed by atoms with Crippen molar-refractivity contribution in [2.75, 3.05) is 5.32 Å². The lowest BCUT2D eigenvalue weighted by Gasteiger charge is -2.08. The number of nitrogens with zero attached hydrogens (tertiary/aromatic N) is 1. The monoisotopic (exact) mass is 372 g/mol. The zero-order valence-electron chi connectivity index (χ0n) is 10.3. The summed E-state index contributed by atoms with van der Waals surface area (Å²) >= 11 is 8.87. The predicted molar refractivity (Wildman–Crippen MR) is 80.2 cm³/mol. The van der Waals surface area contributed by atoms with Gasteiger partial charge in [-0.25, -0.2) is 4.39 Å². The molecule has 0 unspecified atom stereocenters. The van der Waals surface area contributed by atoms with Crippen LogP contribution in [-0.2, 0) is 0 Å². The summed E-state index contributed by atoms with van der Waals surface area (Å²) in [6.45, 7) is 0. The zero-order valence-corrected chi connectivity index (χ0v) is 12.6. The highest BCUT2D eigenvalue weighted by atomic mass is 79.9. The summed E-state index contributed by atoms with van der Waals surface area (Å²) in [7, 11) is 0. The first kappa shape index (κ1) is 15.4. The van der Waals surface area contributed by atoms with Gasteiger partial charge in [0.2, 0.25) is 0 Å². The molecule has 0 saturated heterocycles. The lowest BCUT2D eigenvalue weighted by Crippen LogP contribution is -2.13. The second-order valence-electron chi connectivity index (χ2n) is 3.97. The predicted octanol–water partition coefficient (Wildman–Crippen LogP) is 4.40. The zero-order chi connectivity index (χ0) is 15.6. The topological polar surface area (TPSA) is 72.2 Å². The minimum absolute atomic E-state index is 0.0417. The summed E-state index contributed by atoms with van der Waals surface area (Å²) in [5.74, 6) is -1.20. The van der Waals surface area contributed by atoms with E-state index in [4.69, 9.17) is 11.6 Å². The van der Waals surface area contributed by atoms with E-state index in [1.54, 1.807) is 0 Å². The van der Waals surface area contributed by atoms with Crippen molar-refractivity contribution in [1.29, 1.82) is 0 Å².